The Bertz CT molecular complexity index is 348. The number of hydrogen-bond acceptors (Lipinski definition) is 4. The van der Waals surface area contributed by atoms with E-state index in [-0.39, 0.29) is 0 Å². The molecule has 2 rings (SSSR count). The molecule has 1 N–H and O–H groups in total. The van der Waals surface area contributed by atoms with Gasteiger partial charge in [-0.05, 0) is 18.8 Å². The molecule has 17 heavy (non-hydrogen) atoms. The van der Waals surface area contributed by atoms with Crippen LogP contribution in [0.25, 0.3) is 0 Å². The SMILES string of the molecule is CCC1CCCCC1Nc1nc(C(C)C)ns1. The molecule has 0 saturated heterocycles. The standard InChI is InChI=1S/C13H23N3S/c1-4-10-7-5-6-8-11(10)14-13-15-12(9(2)3)16-17-13/h9-11H,4-8H2,1-3H3,(H,14,15,16). The molecule has 3 nitrogen and oxygen atoms in total. The normalized spacial score (nSPS) is 25.2. The van der Waals surface area contributed by atoms with Gasteiger partial charge in [-0.15, -0.1) is 0 Å². The van der Waals surface area contributed by atoms with Crippen molar-refractivity contribution < 1.29 is 0 Å². The second-order valence-corrected chi connectivity index (χ2v) is 6.07. The minimum Gasteiger partial charge on any atom is -0.357 e. The summed E-state index contributed by atoms with van der Waals surface area (Å²) in [7, 11) is 0. The zero-order chi connectivity index (χ0) is 12.3. The molecule has 2 unspecified atom stereocenters. The number of anilines is 1. The molecule has 0 radical (unpaired) electrons. The summed E-state index contributed by atoms with van der Waals surface area (Å²) in [6, 6.07) is 0.613. The van der Waals surface area contributed by atoms with Gasteiger partial charge < -0.3 is 5.32 Å². The van der Waals surface area contributed by atoms with Gasteiger partial charge in [0.15, 0.2) is 0 Å². The van der Waals surface area contributed by atoms with Crippen LogP contribution in [-0.4, -0.2) is 15.4 Å². The second-order valence-electron chi connectivity index (χ2n) is 5.32. The van der Waals surface area contributed by atoms with E-state index in [0.717, 1.165) is 16.9 Å². The van der Waals surface area contributed by atoms with E-state index < -0.39 is 0 Å². The first-order valence-electron chi connectivity index (χ1n) is 6.80. The molecule has 0 bridgehead atoms. The van der Waals surface area contributed by atoms with Crippen LogP contribution in [0.3, 0.4) is 0 Å². The molecule has 0 amide bonds. The monoisotopic (exact) mass is 253 g/mol. The van der Waals surface area contributed by atoms with E-state index in [0.29, 0.717) is 12.0 Å². The van der Waals surface area contributed by atoms with Crippen LogP contribution < -0.4 is 5.32 Å². The first kappa shape index (κ1) is 12.8. The van der Waals surface area contributed by atoms with Crippen molar-refractivity contribution in [3.8, 4) is 0 Å². The quantitative estimate of drug-likeness (QED) is 0.880. The van der Waals surface area contributed by atoms with Crippen LogP contribution in [0.5, 0.6) is 0 Å². The van der Waals surface area contributed by atoms with Crippen molar-refractivity contribution in [1.82, 2.24) is 9.36 Å². The summed E-state index contributed by atoms with van der Waals surface area (Å²) in [5.41, 5.74) is 0. The average molecular weight is 253 g/mol. The van der Waals surface area contributed by atoms with Crippen LogP contribution in [0.1, 0.15) is 64.6 Å². The second kappa shape index (κ2) is 5.80. The first-order chi connectivity index (χ1) is 8.20. The van der Waals surface area contributed by atoms with Crippen LogP contribution in [0, 0.1) is 5.92 Å². The number of nitrogens with one attached hydrogen (secondary N) is 1. The molecule has 1 aromatic rings. The van der Waals surface area contributed by atoms with Crippen molar-refractivity contribution in [1.29, 1.82) is 0 Å². The molecule has 1 aliphatic rings. The maximum atomic E-state index is 4.57. The molecule has 0 spiro atoms. The van der Waals surface area contributed by atoms with E-state index in [4.69, 9.17) is 0 Å². The molecule has 96 valence electrons. The summed E-state index contributed by atoms with van der Waals surface area (Å²) in [5, 5.41) is 4.62. The minimum absolute atomic E-state index is 0.426. The molecule has 4 heteroatoms. The first-order valence-corrected chi connectivity index (χ1v) is 7.58. The minimum atomic E-state index is 0.426. The Balaban J connectivity index is 1.98. The summed E-state index contributed by atoms with van der Waals surface area (Å²) >= 11 is 1.51. The van der Waals surface area contributed by atoms with Crippen molar-refractivity contribution >= 4 is 16.7 Å². The maximum Gasteiger partial charge on any atom is 0.202 e. The van der Waals surface area contributed by atoms with Crippen LogP contribution in [0.2, 0.25) is 0 Å². The average Bonchev–Trinajstić information content (AvgIpc) is 2.78. The Kier molecular flexibility index (Phi) is 4.37. The van der Waals surface area contributed by atoms with Crippen molar-refractivity contribution in [3.63, 3.8) is 0 Å². The molecule has 1 saturated carbocycles. The number of hydrogen-bond donors (Lipinski definition) is 1. The summed E-state index contributed by atoms with van der Waals surface area (Å²) in [5.74, 6) is 2.21. The summed E-state index contributed by atoms with van der Waals surface area (Å²) < 4.78 is 4.40. The van der Waals surface area contributed by atoms with Gasteiger partial charge in [-0.3, -0.25) is 0 Å². The Morgan fingerprint density at radius 1 is 1.35 bits per heavy atom. The van der Waals surface area contributed by atoms with Gasteiger partial charge in [0.1, 0.15) is 5.82 Å². The van der Waals surface area contributed by atoms with Gasteiger partial charge in [0.25, 0.3) is 0 Å². The van der Waals surface area contributed by atoms with E-state index in [1.54, 1.807) is 0 Å². The van der Waals surface area contributed by atoms with Gasteiger partial charge in [-0.2, -0.15) is 4.37 Å². The number of nitrogens with zero attached hydrogens (tertiary/aromatic N) is 2. The largest absolute Gasteiger partial charge is 0.357 e. The van der Waals surface area contributed by atoms with E-state index in [1.165, 1.54) is 43.6 Å². The van der Waals surface area contributed by atoms with E-state index in [1.807, 2.05) is 0 Å². The Morgan fingerprint density at radius 3 is 2.76 bits per heavy atom. The highest BCUT2D eigenvalue weighted by atomic mass is 32.1. The lowest BCUT2D eigenvalue weighted by Crippen LogP contribution is -2.31. The third-order valence-electron chi connectivity index (χ3n) is 3.70. The third kappa shape index (κ3) is 3.18. The lowest BCUT2D eigenvalue weighted by Gasteiger charge is -2.31. The van der Waals surface area contributed by atoms with Gasteiger partial charge >= 0.3 is 0 Å². The number of aromatic nitrogens is 2. The molecular weight excluding hydrogens is 230 g/mol. The molecule has 2 atom stereocenters. The van der Waals surface area contributed by atoms with Crippen LogP contribution in [0.15, 0.2) is 0 Å². The van der Waals surface area contributed by atoms with E-state index >= 15 is 0 Å². The van der Waals surface area contributed by atoms with Crippen molar-refractivity contribution in [2.24, 2.45) is 5.92 Å². The molecule has 0 aliphatic heterocycles. The third-order valence-corrected chi connectivity index (χ3v) is 4.36. The summed E-state index contributed by atoms with van der Waals surface area (Å²) in [4.78, 5) is 4.57. The van der Waals surface area contributed by atoms with Gasteiger partial charge in [0, 0.05) is 23.5 Å². The molecule has 0 aromatic carbocycles. The highest BCUT2D eigenvalue weighted by Crippen LogP contribution is 2.30. The fourth-order valence-corrected chi connectivity index (χ4v) is 3.34. The van der Waals surface area contributed by atoms with Gasteiger partial charge in [0.2, 0.25) is 5.13 Å². The zero-order valence-corrected chi connectivity index (χ0v) is 11.9. The Morgan fingerprint density at radius 2 is 2.12 bits per heavy atom. The van der Waals surface area contributed by atoms with Gasteiger partial charge in [-0.1, -0.05) is 40.0 Å². The Labute approximate surface area is 108 Å². The van der Waals surface area contributed by atoms with E-state index in [2.05, 4.69) is 35.4 Å². The van der Waals surface area contributed by atoms with Crippen LogP contribution in [-0.2, 0) is 0 Å². The molecule has 1 aromatic heterocycles. The van der Waals surface area contributed by atoms with E-state index in [9.17, 15) is 0 Å². The summed E-state index contributed by atoms with van der Waals surface area (Å²) in [6.45, 7) is 6.58. The van der Waals surface area contributed by atoms with Gasteiger partial charge in [0.05, 0.1) is 0 Å². The molecule has 1 heterocycles. The predicted molar refractivity (Wildman–Crippen MR) is 73.7 cm³/mol. The lowest BCUT2D eigenvalue weighted by atomic mass is 9.83. The highest BCUT2D eigenvalue weighted by Gasteiger charge is 2.24. The lowest BCUT2D eigenvalue weighted by molar-refractivity contribution is 0.317. The fraction of sp³-hybridized carbons (Fsp3) is 0.846. The maximum absolute atomic E-state index is 4.57. The number of rotatable bonds is 4. The zero-order valence-electron chi connectivity index (χ0n) is 11.1. The topological polar surface area (TPSA) is 37.8 Å². The summed E-state index contributed by atoms with van der Waals surface area (Å²) in [6.07, 6.45) is 6.67. The van der Waals surface area contributed by atoms with Crippen molar-refractivity contribution in [3.05, 3.63) is 5.82 Å². The molecular formula is C13H23N3S. The Hall–Kier alpha value is -0.640. The molecule has 1 aliphatic carbocycles. The smallest absolute Gasteiger partial charge is 0.202 e. The van der Waals surface area contributed by atoms with Gasteiger partial charge in [-0.25, -0.2) is 4.98 Å². The van der Waals surface area contributed by atoms with Crippen LogP contribution >= 0.6 is 11.5 Å². The van der Waals surface area contributed by atoms with Crippen molar-refractivity contribution in [2.45, 2.75) is 64.8 Å². The predicted octanol–water partition coefficient (Wildman–Crippen LogP) is 4.04. The highest BCUT2D eigenvalue weighted by molar-refractivity contribution is 7.09. The van der Waals surface area contributed by atoms with Crippen LogP contribution in [0.4, 0.5) is 5.13 Å². The van der Waals surface area contributed by atoms with Crippen molar-refractivity contribution in [2.75, 3.05) is 5.32 Å². The fourth-order valence-electron chi connectivity index (χ4n) is 2.57. The molecule has 1 fully saturated rings.